The smallest absolute Gasteiger partial charge is 0.252 e. The maximum Gasteiger partial charge on any atom is 0.252 e. The Bertz CT molecular complexity index is 1060. The molecule has 2 aromatic carbocycles. The first-order valence-corrected chi connectivity index (χ1v) is 9.42. The average molecular weight is 448 g/mol. The summed E-state index contributed by atoms with van der Waals surface area (Å²) in [5, 5.41) is 8.96. The number of hydrogen-bond donors (Lipinski definition) is 3. The van der Waals surface area contributed by atoms with Crippen molar-refractivity contribution in [3.8, 4) is 11.5 Å². The van der Waals surface area contributed by atoms with E-state index in [1.807, 2.05) is 0 Å². The van der Waals surface area contributed by atoms with Gasteiger partial charge in [0.1, 0.15) is 11.9 Å². The number of amides is 2. The Balaban J connectivity index is 1.56. The van der Waals surface area contributed by atoms with E-state index < -0.39 is 23.7 Å². The molecule has 0 saturated heterocycles. The summed E-state index contributed by atoms with van der Waals surface area (Å²) < 4.78 is 23.6. The molecule has 9 nitrogen and oxygen atoms in total. The third-order valence-electron chi connectivity index (χ3n) is 4.20. The summed E-state index contributed by atoms with van der Waals surface area (Å²) in [6, 6.07) is 8.10. The summed E-state index contributed by atoms with van der Waals surface area (Å²) in [4.78, 5) is 28.3. The Hall–Kier alpha value is -3.66. The molecule has 1 heterocycles. The maximum absolute atomic E-state index is 13.2. The zero-order chi connectivity index (χ0) is 22.4. The van der Waals surface area contributed by atoms with Crippen molar-refractivity contribution in [2.45, 2.75) is 12.5 Å². The van der Waals surface area contributed by atoms with Crippen molar-refractivity contribution < 1.29 is 23.5 Å². The highest BCUT2D eigenvalue weighted by Gasteiger charge is 2.28. The Labute approximate surface area is 182 Å². The first kappa shape index (κ1) is 22.0. The minimum Gasteiger partial charge on any atom is -0.493 e. The molecule has 1 aliphatic heterocycles. The molecule has 0 aliphatic carbocycles. The number of hydrazone groups is 1. The molecule has 3 N–H and O–H groups in total. The lowest BCUT2D eigenvalue weighted by molar-refractivity contribution is -0.123. The van der Waals surface area contributed by atoms with Gasteiger partial charge in [-0.15, -0.1) is 0 Å². The molecule has 0 aromatic heterocycles. The van der Waals surface area contributed by atoms with Crippen molar-refractivity contribution >= 4 is 41.3 Å². The molecule has 2 amide bonds. The quantitative estimate of drug-likeness (QED) is 0.445. The van der Waals surface area contributed by atoms with Crippen LogP contribution in [-0.4, -0.2) is 44.2 Å². The fourth-order valence-corrected chi connectivity index (χ4v) is 2.89. The van der Waals surface area contributed by atoms with Gasteiger partial charge in [-0.05, 0) is 42.0 Å². The van der Waals surface area contributed by atoms with E-state index in [2.05, 4.69) is 26.2 Å². The largest absolute Gasteiger partial charge is 0.493 e. The number of nitrogens with one attached hydrogen (secondary N) is 3. The number of guanidine groups is 1. The van der Waals surface area contributed by atoms with Gasteiger partial charge in [-0.3, -0.25) is 14.9 Å². The molecule has 0 radical (unpaired) electrons. The number of hydrogen-bond acceptors (Lipinski definition) is 7. The summed E-state index contributed by atoms with van der Waals surface area (Å²) in [7, 11) is 3.07. The van der Waals surface area contributed by atoms with Crippen molar-refractivity contribution in [1.82, 2.24) is 10.7 Å². The van der Waals surface area contributed by atoms with Crippen LogP contribution in [0.15, 0.2) is 46.5 Å². The first-order valence-electron chi connectivity index (χ1n) is 9.04. The molecular weight excluding hydrogens is 429 g/mol. The number of rotatable bonds is 7. The van der Waals surface area contributed by atoms with Crippen LogP contribution in [0.1, 0.15) is 12.0 Å². The molecule has 0 spiro atoms. The molecule has 1 atom stereocenters. The van der Waals surface area contributed by atoms with E-state index in [0.29, 0.717) is 17.2 Å². The average Bonchev–Trinajstić information content (AvgIpc) is 3.09. The van der Waals surface area contributed by atoms with E-state index in [-0.39, 0.29) is 17.4 Å². The molecule has 0 unspecified atom stereocenters. The number of halogens is 2. The van der Waals surface area contributed by atoms with Crippen LogP contribution in [0.5, 0.6) is 11.5 Å². The SMILES string of the molecule is COc1ccc(/C=N\NC2=N[C@@H](CC(=O)Nc3ccc(F)c(Cl)c3)C(=O)N2)cc1OC. The molecule has 3 rings (SSSR count). The van der Waals surface area contributed by atoms with Gasteiger partial charge in [0.15, 0.2) is 11.5 Å². The van der Waals surface area contributed by atoms with Gasteiger partial charge in [0.25, 0.3) is 5.91 Å². The molecule has 0 bridgehead atoms. The molecule has 0 fully saturated rings. The maximum atomic E-state index is 13.2. The minimum atomic E-state index is -0.922. The summed E-state index contributed by atoms with van der Waals surface area (Å²) in [6.07, 6.45) is 1.31. The highest BCUT2D eigenvalue weighted by Crippen LogP contribution is 2.26. The number of benzene rings is 2. The molecule has 31 heavy (non-hydrogen) atoms. The minimum absolute atomic E-state index is 0.115. The molecule has 0 saturated carbocycles. The van der Waals surface area contributed by atoms with Crippen LogP contribution >= 0.6 is 11.6 Å². The second-order valence-corrected chi connectivity index (χ2v) is 6.76. The van der Waals surface area contributed by atoms with Crippen molar-refractivity contribution in [1.29, 1.82) is 0 Å². The first-order chi connectivity index (χ1) is 14.9. The predicted molar refractivity (Wildman–Crippen MR) is 114 cm³/mol. The molecular formula is C20H19ClFN5O4. The van der Waals surface area contributed by atoms with Crippen molar-refractivity contribution in [3.63, 3.8) is 0 Å². The van der Waals surface area contributed by atoms with E-state index in [9.17, 15) is 14.0 Å². The molecule has 162 valence electrons. The van der Waals surface area contributed by atoms with Crippen LogP contribution in [0.2, 0.25) is 5.02 Å². The number of anilines is 1. The standard InChI is InChI=1S/C20H19ClFN5O4/c1-30-16-6-3-11(7-17(16)31-2)10-23-27-20-25-15(19(29)26-20)9-18(28)24-12-4-5-14(22)13(21)8-12/h3-8,10,15H,9H2,1-2H3,(H,24,28)(H2,25,26,27,29)/b23-10-/t15-/m0/s1. The van der Waals surface area contributed by atoms with Crippen molar-refractivity contribution in [3.05, 3.63) is 52.8 Å². The third kappa shape index (κ3) is 5.70. The highest BCUT2D eigenvalue weighted by molar-refractivity contribution is 6.31. The number of ether oxygens (including phenoxy) is 2. The Morgan fingerprint density at radius 1 is 1.26 bits per heavy atom. The molecule has 1 aliphatic rings. The molecule has 2 aromatic rings. The zero-order valence-corrected chi connectivity index (χ0v) is 17.4. The van der Waals surface area contributed by atoms with E-state index in [1.165, 1.54) is 25.5 Å². The Morgan fingerprint density at radius 2 is 2.03 bits per heavy atom. The summed E-state index contributed by atoms with van der Waals surface area (Å²) in [6.45, 7) is 0. The fourth-order valence-electron chi connectivity index (χ4n) is 2.70. The van der Waals surface area contributed by atoms with E-state index in [4.69, 9.17) is 21.1 Å². The summed E-state index contributed by atoms with van der Waals surface area (Å²) in [5.41, 5.74) is 3.66. The van der Waals surface area contributed by atoms with Crippen LogP contribution < -0.4 is 25.5 Å². The van der Waals surface area contributed by atoms with Crippen LogP contribution in [0.4, 0.5) is 10.1 Å². The van der Waals surface area contributed by atoms with Crippen molar-refractivity contribution in [2.24, 2.45) is 10.1 Å². The number of aliphatic imine (C=N–C) groups is 1. The monoisotopic (exact) mass is 447 g/mol. The van der Waals surface area contributed by atoms with Gasteiger partial charge in [0.05, 0.1) is 31.9 Å². The van der Waals surface area contributed by atoms with Gasteiger partial charge in [-0.25, -0.2) is 14.8 Å². The second kappa shape index (κ2) is 9.90. The predicted octanol–water partition coefficient (Wildman–Crippen LogP) is 2.30. The number of carbonyl (C=O) groups is 2. The topological polar surface area (TPSA) is 113 Å². The Kier molecular flexibility index (Phi) is 7.03. The van der Waals surface area contributed by atoms with Crippen LogP contribution in [0.3, 0.4) is 0 Å². The molecule has 11 heteroatoms. The highest BCUT2D eigenvalue weighted by atomic mass is 35.5. The van der Waals surface area contributed by atoms with Crippen LogP contribution in [-0.2, 0) is 9.59 Å². The van der Waals surface area contributed by atoms with Crippen molar-refractivity contribution in [2.75, 3.05) is 19.5 Å². The fraction of sp³-hybridized carbons (Fsp3) is 0.200. The van der Waals surface area contributed by atoms with Gasteiger partial charge in [-0.2, -0.15) is 5.10 Å². The van der Waals surface area contributed by atoms with Crippen LogP contribution in [0, 0.1) is 5.82 Å². The second-order valence-electron chi connectivity index (χ2n) is 6.35. The normalized spacial score (nSPS) is 15.4. The number of carbonyl (C=O) groups excluding carboxylic acids is 2. The van der Waals surface area contributed by atoms with Gasteiger partial charge in [0, 0.05) is 5.69 Å². The van der Waals surface area contributed by atoms with Gasteiger partial charge in [0.2, 0.25) is 11.9 Å². The Morgan fingerprint density at radius 3 is 2.74 bits per heavy atom. The third-order valence-corrected chi connectivity index (χ3v) is 4.49. The van der Waals surface area contributed by atoms with E-state index in [0.717, 1.165) is 11.6 Å². The van der Waals surface area contributed by atoms with Gasteiger partial charge in [-0.1, -0.05) is 11.6 Å². The van der Waals surface area contributed by atoms with Gasteiger partial charge >= 0.3 is 0 Å². The van der Waals surface area contributed by atoms with Gasteiger partial charge < -0.3 is 14.8 Å². The van der Waals surface area contributed by atoms with Crippen LogP contribution in [0.25, 0.3) is 0 Å². The van der Waals surface area contributed by atoms with E-state index in [1.54, 1.807) is 25.3 Å². The lowest BCUT2D eigenvalue weighted by Gasteiger charge is -2.07. The van der Waals surface area contributed by atoms with E-state index >= 15 is 0 Å². The summed E-state index contributed by atoms with van der Waals surface area (Å²) >= 11 is 5.69. The summed E-state index contributed by atoms with van der Waals surface area (Å²) in [5.74, 6) is -0.263. The number of methoxy groups -OCH3 is 2. The lowest BCUT2D eigenvalue weighted by Crippen LogP contribution is -2.35. The zero-order valence-electron chi connectivity index (χ0n) is 16.6. The lowest BCUT2D eigenvalue weighted by atomic mass is 10.2. The number of nitrogens with zero attached hydrogens (tertiary/aromatic N) is 2.